The van der Waals surface area contributed by atoms with E-state index in [9.17, 15) is 9.59 Å². The zero-order valence-corrected chi connectivity index (χ0v) is 12.9. The predicted octanol–water partition coefficient (Wildman–Crippen LogP) is 1.68. The Kier molecular flexibility index (Phi) is 5.03. The monoisotopic (exact) mass is 307 g/mol. The summed E-state index contributed by atoms with van der Waals surface area (Å²) in [6.07, 6.45) is 1.66. The molecule has 1 aromatic carbocycles. The summed E-state index contributed by atoms with van der Waals surface area (Å²) in [6.45, 7) is 2.57. The largest absolute Gasteiger partial charge is 0.482 e. The van der Waals surface area contributed by atoms with E-state index in [2.05, 4.69) is 0 Å². The molecule has 0 unspecified atom stereocenters. The molecule has 1 atom stereocenters. The molecule has 1 aliphatic rings. The molecule has 0 saturated carbocycles. The summed E-state index contributed by atoms with van der Waals surface area (Å²) in [5.74, 6) is -0.540. The maximum atomic E-state index is 12.4. The van der Waals surface area contributed by atoms with Crippen LogP contribution in [-0.4, -0.2) is 47.7 Å². The van der Waals surface area contributed by atoms with Gasteiger partial charge in [-0.1, -0.05) is 12.1 Å². The molecule has 1 saturated heterocycles. The van der Waals surface area contributed by atoms with Crippen LogP contribution in [0.4, 0.5) is 0 Å². The van der Waals surface area contributed by atoms with Crippen molar-refractivity contribution >= 4 is 11.9 Å². The molecular weight excluding hydrogens is 286 g/mol. The van der Waals surface area contributed by atoms with Crippen LogP contribution in [0.15, 0.2) is 24.3 Å². The average molecular weight is 307 g/mol. The Bertz CT molecular complexity index is 534. The molecule has 6 heteroatoms. The third-order valence-corrected chi connectivity index (χ3v) is 3.72. The molecule has 0 aromatic heterocycles. The second-order valence-electron chi connectivity index (χ2n) is 5.67. The lowest BCUT2D eigenvalue weighted by Gasteiger charge is -2.28. The zero-order valence-electron chi connectivity index (χ0n) is 12.9. The van der Waals surface area contributed by atoms with Gasteiger partial charge in [0.05, 0.1) is 0 Å². The second kappa shape index (κ2) is 6.79. The Morgan fingerprint density at radius 2 is 2.05 bits per heavy atom. The molecule has 0 bridgehead atoms. The van der Waals surface area contributed by atoms with E-state index in [0.717, 1.165) is 18.4 Å². The van der Waals surface area contributed by atoms with Crippen molar-refractivity contribution in [3.63, 3.8) is 0 Å². The summed E-state index contributed by atoms with van der Waals surface area (Å²) >= 11 is 0. The van der Waals surface area contributed by atoms with Gasteiger partial charge < -0.3 is 19.5 Å². The highest BCUT2D eigenvalue weighted by atomic mass is 16.5. The van der Waals surface area contributed by atoms with Crippen molar-refractivity contribution in [1.82, 2.24) is 4.90 Å². The molecule has 0 spiro atoms. The number of nitrogens with zero attached hydrogens (tertiary/aromatic N) is 1. The molecule has 1 heterocycles. The number of likely N-dealkylation sites (N-methyl/N-ethyl adjacent to an activating group) is 1. The number of benzene rings is 1. The number of rotatable bonds is 6. The Morgan fingerprint density at radius 1 is 1.36 bits per heavy atom. The molecular formula is C16H21NO5. The van der Waals surface area contributed by atoms with E-state index in [1.54, 1.807) is 24.1 Å². The minimum Gasteiger partial charge on any atom is -0.482 e. The lowest BCUT2D eigenvalue weighted by Crippen LogP contribution is -2.44. The number of carbonyl (C=O) groups is 2. The van der Waals surface area contributed by atoms with E-state index in [4.69, 9.17) is 14.6 Å². The summed E-state index contributed by atoms with van der Waals surface area (Å²) < 4.78 is 10.6. The molecule has 2 rings (SSSR count). The van der Waals surface area contributed by atoms with Crippen LogP contribution in [0.2, 0.25) is 0 Å². The number of carboxylic acid groups (broad SMARTS) is 1. The van der Waals surface area contributed by atoms with Crippen molar-refractivity contribution in [1.29, 1.82) is 0 Å². The number of carboxylic acids is 1. The first-order valence-electron chi connectivity index (χ1n) is 7.24. The summed E-state index contributed by atoms with van der Waals surface area (Å²) in [5.41, 5.74) is 0.236. The van der Waals surface area contributed by atoms with Gasteiger partial charge in [-0.3, -0.25) is 4.79 Å². The van der Waals surface area contributed by atoms with E-state index >= 15 is 0 Å². The maximum Gasteiger partial charge on any atom is 0.341 e. The highest BCUT2D eigenvalue weighted by molar-refractivity contribution is 5.84. The van der Waals surface area contributed by atoms with Crippen molar-refractivity contribution in [2.24, 2.45) is 0 Å². The number of ether oxygens (including phenoxy) is 2. The van der Waals surface area contributed by atoms with Crippen LogP contribution in [-0.2, 0) is 20.9 Å². The van der Waals surface area contributed by atoms with Crippen LogP contribution >= 0.6 is 0 Å². The van der Waals surface area contributed by atoms with Crippen LogP contribution in [0, 0.1) is 0 Å². The van der Waals surface area contributed by atoms with Gasteiger partial charge in [-0.2, -0.15) is 0 Å². The molecule has 1 aromatic rings. The fourth-order valence-corrected chi connectivity index (χ4v) is 2.53. The van der Waals surface area contributed by atoms with Gasteiger partial charge in [0.2, 0.25) is 0 Å². The van der Waals surface area contributed by atoms with Gasteiger partial charge in [-0.05, 0) is 37.5 Å². The topological polar surface area (TPSA) is 76.1 Å². The first-order valence-corrected chi connectivity index (χ1v) is 7.24. The molecule has 22 heavy (non-hydrogen) atoms. The SMILES string of the molecule is CN(Cc1ccc(OCC(=O)O)cc1)C(=O)[C@@]1(C)CCCO1. The fourth-order valence-electron chi connectivity index (χ4n) is 2.53. The van der Waals surface area contributed by atoms with E-state index in [-0.39, 0.29) is 12.5 Å². The molecule has 1 N–H and O–H groups in total. The average Bonchev–Trinajstić information content (AvgIpc) is 2.93. The highest BCUT2D eigenvalue weighted by Crippen LogP contribution is 2.27. The molecule has 6 nitrogen and oxygen atoms in total. The predicted molar refractivity (Wildman–Crippen MR) is 79.6 cm³/mol. The van der Waals surface area contributed by atoms with Gasteiger partial charge in [-0.25, -0.2) is 4.79 Å². The Labute approximate surface area is 129 Å². The van der Waals surface area contributed by atoms with Crippen molar-refractivity contribution in [3.05, 3.63) is 29.8 Å². The van der Waals surface area contributed by atoms with Crippen LogP contribution in [0.3, 0.4) is 0 Å². The van der Waals surface area contributed by atoms with Crippen LogP contribution < -0.4 is 4.74 Å². The van der Waals surface area contributed by atoms with Gasteiger partial charge in [0, 0.05) is 20.2 Å². The van der Waals surface area contributed by atoms with Crippen LogP contribution in [0.5, 0.6) is 5.75 Å². The third kappa shape index (κ3) is 3.98. The first kappa shape index (κ1) is 16.3. The number of carbonyl (C=O) groups excluding carboxylic acids is 1. The lowest BCUT2D eigenvalue weighted by molar-refractivity contribution is -0.150. The van der Waals surface area contributed by atoms with E-state index in [0.29, 0.717) is 18.9 Å². The fraction of sp³-hybridized carbons (Fsp3) is 0.500. The van der Waals surface area contributed by atoms with Crippen LogP contribution in [0.25, 0.3) is 0 Å². The standard InChI is InChI=1S/C16H21NO5/c1-16(8-3-9-22-16)15(20)17(2)10-12-4-6-13(7-5-12)21-11-14(18)19/h4-7H,3,8-11H2,1-2H3,(H,18,19)/t16-/m1/s1. The van der Waals surface area contributed by atoms with Crippen molar-refractivity contribution < 1.29 is 24.2 Å². The maximum absolute atomic E-state index is 12.4. The van der Waals surface area contributed by atoms with E-state index in [1.165, 1.54) is 0 Å². The Balaban J connectivity index is 1.92. The molecule has 0 aliphatic carbocycles. The lowest BCUT2D eigenvalue weighted by atomic mass is 10.0. The smallest absolute Gasteiger partial charge is 0.341 e. The normalized spacial score (nSPS) is 20.6. The third-order valence-electron chi connectivity index (χ3n) is 3.72. The second-order valence-corrected chi connectivity index (χ2v) is 5.67. The number of aliphatic carboxylic acids is 1. The van der Waals surface area contributed by atoms with Gasteiger partial charge in [0.15, 0.2) is 6.61 Å². The van der Waals surface area contributed by atoms with Gasteiger partial charge in [0.1, 0.15) is 11.4 Å². The van der Waals surface area contributed by atoms with Crippen molar-refractivity contribution in [2.75, 3.05) is 20.3 Å². The molecule has 1 fully saturated rings. The molecule has 1 amide bonds. The molecule has 1 aliphatic heterocycles. The van der Waals surface area contributed by atoms with E-state index in [1.807, 2.05) is 19.1 Å². The minimum atomic E-state index is -1.01. The number of amides is 1. The number of hydrogen-bond donors (Lipinski definition) is 1. The summed E-state index contributed by atoms with van der Waals surface area (Å²) in [5, 5.41) is 8.56. The van der Waals surface area contributed by atoms with Gasteiger partial charge >= 0.3 is 5.97 Å². The van der Waals surface area contributed by atoms with Gasteiger partial charge in [0.25, 0.3) is 5.91 Å². The van der Waals surface area contributed by atoms with Gasteiger partial charge in [-0.15, -0.1) is 0 Å². The zero-order chi connectivity index (χ0) is 16.2. The summed E-state index contributed by atoms with van der Waals surface area (Å²) in [7, 11) is 1.75. The van der Waals surface area contributed by atoms with Crippen molar-refractivity contribution in [3.8, 4) is 5.75 Å². The Morgan fingerprint density at radius 3 is 2.59 bits per heavy atom. The first-order chi connectivity index (χ1) is 10.4. The Hall–Kier alpha value is -2.08. The molecule has 120 valence electrons. The molecule has 0 radical (unpaired) electrons. The van der Waals surface area contributed by atoms with Crippen LogP contribution in [0.1, 0.15) is 25.3 Å². The summed E-state index contributed by atoms with van der Waals surface area (Å²) in [6, 6.07) is 7.03. The van der Waals surface area contributed by atoms with Crippen molar-refractivity contribution in [2.45, 2.75) is 31.9 Å². The quantitative estimate of drug-likeness (QED) is 0.865. The summed E-state index contributed by atoms with van der Waals surface area (Å²) in [4.78, 5) is 24.5. The van der Waals surface area contributed by atoms with E-state index < -0.39 is 11.6 Å². The minimum absolute atomic E-state index is 0.0174. The highest BCUT2D eigenvalue weighted by Gasteiger charge is 2.39. The number of hydrogen-bond acceptors (Lipinski definition) is 4.